The van der Waals surface area contributed by atoms with Crippen LogP contribution >= 0.6 is 0 Å². The van der Waals surface area contributed by atoms with Crippen molar-refractivity contribution >= 4 is 33.2 Å². The first-order chi connectivity index (χ1) is 15.3. The highest BCUT2D eigenvalue weighted by Gasteiger charge is 2.21. The van der Waals surface area contributed by atoms with Crippen LogP contribution in [0, 0.1) is 0 Å². The topological polar surface area (TPSA) is 95.6 Å². The molecule has 0 aromatic heterocycles. The third-order valence-electron chi connectivity index (χ3n) is 4.90. The molecule has 0 aliphatic heterocycles. The summed E-state index contributed by atoms with van der Waals surface area (Å²) in [4.78, 5) is 24.9. The molecule has 2 amide bonds. The lowest BCUT2D eigenvalue weighted by molar-refractivity contribution is 0.102. The summed E-state index contributed by atoms with van der Waals surface area (Å²) in [5.74, 6) is -0.576. The van der Waals surface area contributed by atoms with Gasteiger partial charge < -0.3 is 10.6 Å². The Morgan fingerprint density at radius 2 is 1.12 bits per heavy atom. The van der Waals surface area contributed by atoms with E-state index in [2.05, 4.69) is 10.6 Å². The highest BCUT2D eigenvalue weighted by molar-refractivity contribution is 7.89. The number of nitrogens with one attached hydrogen (secondary N) is 2. The van der Waals surface area contributed by atoms with Gasteiger partial charge >= 0.3 is 0 Å². The van der Waals surface area contributed by atoms with Crippen LogP contribution in [0.5, 0.6) is 0 Å². The molecule has 3 aromatic carbocycles. The first-order valence-corrected chi connectivity index (χ1v) is 11.7. The molecule has 3 rings (SSSR count). The summed E-state index contributed by atoms with van der Waals surface area (Å²) < 4.78 is 26.5. The third-order valence-corrected chi connectivity index (χ3v) is 6.96. The van der Waals surface area contributed by atoms with E-state index in [1.165, 1.54) is 16.4 Å². The number of sulfonamides is 1. The van der Waals surface area contributed by atoms with E-state index in [0.717, 1.165) is 0 Å². The molecular formula is C24H25N3O4S. The van der Waals surface area contributed by atoms with E-state index in [4.69, 9.17) is 0 Å². The number of rotatable bonds is 8. The molecule has 0 saturated heterocycles. The number of nitrogens with zero attached hydrogens (tertiary/aromatic N) is 1. The van der Waals surface area contributed by atoms with Gasteiger partial charge in [0.05, 0.1) is 4.90 Å². The molecule has 166 valence electrons. The molecule has 2 N–H and O–H groups in total. The smallest absolute Gasteiger partial charge is 0.255 e. The zero-order chi connectivity index (χ0) is 23.1. The fourth-order valence-electron chi connectivity index (χ4n) is 3.12. The van der Waals surface area contributed by atoms with E-state index >= 15 is 0 Å². The zero-order valence-electron chi connectivity index (χ0n) is 17.9. The second-order valence-electron chi connectivity index (χ2n) is 6.97. The summed E-state index contributed by atoms with van der Waals surface area (Å²) in [5, 5.41) is 5.53. The van der Waals surface area contributed by atoms with Gasteiger partial charge in [-0.2, -0.15) is 4.31 Å². The van der Waals surface area contributed by atoms with Crippen LogP contribution in [0.4, 0.5) is 11.4 Å². The van der Waals surface area contributed by atoms with Crippen LogP contribution in [0.15, 0.2) is 83.8 Å². The fraction of sp³-hybridized carbons (Fsp3) is 0.167. The van der Waals surface area contributed by atoms with Gasteiger partial charge in [0.15, 0.2) is 0 Å². The molecule has 0 unspecified atom stereocenters. The van der Waals surface area contributed by atoms with Crippen LogP contribution in [-0.4, -0.2) is 37.6 Å². The lowest BCUT2D eigenvalue weighted by atomic mass is 10.1. The van der Waals surface area contributed by atoms with Gasteiger partial charge in [0.25, 0.3) is 11.8 Å². The van der Waals surface area contributed by atoms with Gasteiger partial charge in [-0.05, 0) is 60.7 Å². The minimum absolute atomic E-state index is 0.178. The van der Waals surface area contributed by atoms with Crippen molar-refractivity contribution in [3.63, 3.8) is 0 Å². The first-order valence-electron chi connectivity index (χ1n) is 10.2. The minimum atomic E-state index is -3.55. The van der Waals surface area contributed by atoms with Gasteiger partial charge in [-0.3, -0.25) is 9.59 Å². The second kappa shape index (κ2) is 10.2. The van der Waals surface area contributed by atoms with Crippen molar-refractivity contribution in [1.82, 2.24) is 4.31 Å². The molecule has 0 fully saturated rings. The Kier molecular flexibility index (Phi) is 7.40. The number of benzene rings is 3. The highest BCUT2D eigenvalue weighted by atomic mass is 32.2. The Balaban J connectivity index is 1.64. The Morgan fingerprint density at radius 3 is 1.59 bits per heavy atom. The Bertz CT molecular complexity index is 1170. The predicted octanol–water partition coefficient (Wildman–Crippen LogP) is 4.22. The zero-order valence-corrected chi connectivity index (χ0v) is 18.7. The summed E-state index contributed by atoms with van der Waals surface area (Å²) >= 11 is 0. The summed E-state index contributed by atoms with van der Waals surface area (Å²) in [6.07, 6.45) is 0. The van der Waals surface area contributed by atoms with Crippen LogP contribution in [-0.2, 0) is 10.0 Å². The molecule has 32 heavy (non-hydrogen) atoms. The summed E-state index contributed by atoms with van der Waals surface area (Å²) in [6, 6.07) is 21.4. The van der Waals surface area contributed by atoms with E-state index in [9.17, 15) is 18.0 Å². The van der Waals surface area contributed by atoms with E-state index in [-0.39, 0.29) is 16.7 Å². The lowest BCUT2D eigenvalue weighted by Crippen LogP contribution is -2.30. The van der Waals surface area contributed by atoms with Gasteiger partial charge in [0, 0.05) is 35.6 Å². The van der Waals surface area contributed by atoms with E-state index in [1.807, 2.05) is 6.07 Å². The molecule has 0 spiro atoms. The van der Waals surface area contributed by atoms with E-state index < -0.39 is 10.0 Å². The molecule has 0 radical (unpaired) electrons. The Morgan fingerprint density at radius 1 is 0.688 bits per heavy atom. The molecule has 3 aromatic rings. The quantitative estimate of drug-likeness (QED) is 0.536. The van der Waals surface area contributed by atoms with Crippen LogP contribution in [0.25, 0.3) is 0 Å². The lowest BCUT2D eigenvalue weighted by Gasteiger charge is -2.18. The second-order valence-corrected chi connectivity index (χ2v) is 8.90. The number of hydrogen-bond acceptors (Lipinski definition) is 4. The predicted molar refractivity (Wildman–Crippen MR) is 125 cm³/mol. The number of carbonyl (C=O) groups is 2. The summed E-state index contributed by atoms with van der Waals surface area (Å²) in [7, 11) is -3.55. The molecule has 0 aliphatic rings. The van der Waals surface area contributed by atoms with E-state index in [1.54, 1.807) is 74.5 Å². The Labute approximate surface area is 188 Å². The van der Waals surface area contributed by atoms with Gasteiger partial charge in [0.2, 0.25) is 10.0 Å². The van der Waals surface area contributed by atoms with Crippen molar-refractivity contribution in [1.29, 1.82) is 0 Å². The molecule has 8 heteroatoms. The number of carbonyl (C=O) groups excluding carboxylic acids is 2. The van der Waals surface area contributed by atoms with Crippen LogP contribution < -0.4 is 10.6 Å². The summed E-state index contributed by atoms with van der Waals surface area (Å²) in [6.45, 7) is 4.35. The maximum Gasteiger partial charge on any atom is 0.255 e. The van der Waals surface area contributed by atoms with Crippen LogP contribution in [0.1, 0.15) is 34.6 Å². The van der Waals surface area contributed by atoms with Crippen molar-refractivity contribution in [3.05, 3.63) is 90.0 Å². The van der Waals surface area contributed by atoms with E-state index in [0.29, 0.717) is 35.6 Å². The molecule has 0 aliphatic carbocycles. The SMILES string of the molecule is CCN(CC)S(=O)(=O)c1ccc(NC(=O)c2ccc(NC(=O)c3ccccc3)cc2)cc1. The van der Waals surface area contributed by atoms with Crippen molar-refractivity contribution in [2.75, 3.05) is 23.7 Å². The fourth-order valence-corrected chi connectivity index (χ4v) is 4.58. The van der Waals surface area contributed by atoms with Crippen LogP contribution in [0.3, 0.4) is 0 Å². The van der Waals surface area contributed by atoms with Gasteiger partial charge in [-0.15, -0.1) is 0 Å². The van der Waals surface area contributed by atoms with Crippen molar-refractivity contribution in [2.24, 2.45) is 0 Å². The molecule has 0 bridgehead atoms. The first kappa shape index (κ1) is 23.2. The average Bonchev–Trinajstić information content (AvgIpc) is 2.81. The normalized spacial score (nSPS) is 11.2. The Hall–Kier alpha value is -3.49. The number of anilines is 2. The van der Waals surface area contributed by atoms with Gasteiger partial charge in [-0.1, -0.05) is 32.0 Å². The maximum absolute atomic E-state index is 12.6. The molecule has 7 nitrogen and oxygen atoms in total. The number of hydrogen-bond donors (Lipinski definition) is 2. The molecule has 0 heterocycles. The standard InChI is InChI=1S/C24H25N3O4S/c1-3-27(4-2)32(30,31)22-16-14-21(15-17-22)26-24(29)19-10-12-20(13-11-19)25-23(28)18-8-6-5-7-9-18/h5-17H,3-4H2,1-2H3,(H,25,28)(H,26,29). The molecule has 0 saturated carbocycles. The largest absolute Gasteiger partial charge is 0.322 e. The minimum Gasteiger partial charge on any atom is -0.322 e. The van der Waals surface area contributed by atoms with Gasteiger partial charge in [-0.25, -0.2) is 8.42 Å². The summed E-state index contributed by atoms with van der Waals surface area (Å²) in [5.41, 5.74) is 2.00. The molecular weight excluding hydrogens is 426 g/mol. The van der Waals surface area contributed by atoms with Gasteiger partial charge in [0.1, 0.15) is 0 Å². The van der Waals surface area contributed by atoms with Crippen molar-refractivity contribution in [3.8, 4) is 0 Å². The molecule has 0 atom stereocenters. The monoisotopic (exact) mass is 451 g/mol. The highest BCUT2D eigenvalue weighted by Crippen LogP contribution is 2.19. The third kappa shape index (κ3) is 5.40. The van der Waals surface area contributed by atoms with Crippen LogP contribution in [0.2, 0.25) is 0 Å². The van der Waals surface area contributed by atoms with Crippen molar-refractivity contribution in [2.45, 2.75) is 18.7 Å². The van der Waals surface area contributed by atoms with Crippen molar-refractivity contribution < 1.29 is 18.0 Å². The average molecular weight is 452 g/mol. The number of amides is 2. The maximum atomic E-state index is 12.6.